The molecule has 5 heterocycles. The summed E-state index contributed by atoms with van der Waals surface area (Å²) in [5.41, 5.74) is -3.69. The van der Waals surface area contributed by atoms with Crippen molar-refractivity contribution in [1.29, 1.82) is 0 Å². The van der Waals surface area contributed by atoms with Crippen LogP contribution in [0, 0.1) is 0 Å². The third-order valence-corrected chi connectivity index (χ3v) is 4.59. The van der Waals surface area contributed by atoms with Gasteiger partial charge < -0.3 is 19.4 Å². The largest absolute Gasteiger partial charge is 0.423 e. The van der Waals surface area contributed by atoms with E-state index in [0.29, 0.717) is 0 Å². The normalized spacial score (nSPS) is 18.1. The molecule has 12 heteroatoms. The van der Waals surface area contributed by atoms with Gasteiger partial charge in [0.2, 0.25) is 11.8 Å². The van der Waals surface area contributed by atoms with Gasteiger partial charge in [-0.3, -0.25) is 0 Å². The molecule has 0 spiro atoms. The second-order valence-electron chi connectivity index (χ2n) is 6.76. The van der Waals surface area contributed by atoms with Gasteiger partial charge in [0.25, 0.3) is 0 Å². The molecular weight excluding hydrogens is 442 g/mol. The summed E-state index contributed by atoms with van der Waals surface area (Å²) in [4.78, 5) is 12.6. The minimum absolute atomic E-state index is 0.141. The van der Waals surface area contributed by atoms with E-state index in [9.17, 15) is 26.3 Å². The zero-order valence-corrected chi connectivity index (χ0v) is 15.6. The Morgan fingerprint density at radius 2 is 1.00 bits per heavy atom. The number of halogens is 6. The monoisotopic (exact) mass is 452 g/mol. The lowest BCUT2D eigenvalue weighted by Crippen LogP contribution is -2.14. The number of alkyl halides is 6. The molecule has 2 aromatic heterocycles. The molecule has 0 unspecified atom stereocenters. The first-order valence-electron chi connectivity index (χ1n) is 8.99. The number of nitrogens with zero attached hydrogens (tertiary/aromatic N) is 2. The van der Waals surface area contributed by atoms with Gasteiger partial charge in [0, 0.05) is 24.3 Å². The van der Waals surface area contributed by atoms with E-state index in [0.717, 1.165) is 24.3 Å². The number of hydrogen-bond acceptors (Lipinski definition) is 4. The van der Waals surface area contributed by atoms with Gasteiger partial charge in [-0.2, -0.15) is 26.3 Å². The highest BCUT2D eigenvalue weighted by Crippen LogP contribution is 2.40. The van der Waals surface area contributed by atoms with Crippen molar-refractivity contribution in [3.63, 3.8) is 0 Å². The van der Waals surface area contributed by atoms with Crippen molar-refractivity contribution in [2.24, 2.45) is 9.98 Å². The summed E-state index contributed by atoms with van der Waals surface area (Å²) in [6.45, 7) is 0. The number of ether oxygens (including phenoxy) is 2. The van der Waals surface area contributed by atoms with E-state index in [1.54, 1.807) is 0 Å². The van der Waals surface area contributed by atoms with Crippen molar-refractivity contribution in [3.8, 4) is 11.8 Å². The second kappa shape index (κ2) is 6.77. The molecule has 3 aliphatic rings. The van der Waals surface area contributed by atoms with Crippen molar-refractivity contribution in [2.75, 3.05) is 0 Å². The fraction of sp³-hybridized carbons (Fsp3) is 0.100. The van der Waals surface area contributed by atoms with E-state index in [1.807, 2.05) is 0 Å². The van der Waals surface area contributed by atoms with E-state index in [1.165, 1.54) is 24.3 Å². The number of allylic oxidation sites excluding steroid dienone is 4. The Bertz CT molecular complexity index is 1200. The molecule has 0 aliphatic carbocycles. The average molecular weight is 452 g/mol. The van der Waals surface area contributed by atoms with Crippen molar-refractivity contribution in [3.05, 3.63) is 71.4 Å². The van der Waals surface area contributed by atoms with E-state index < -0.39 is 34.9 Å². The van der Waals surface area contributed by atoms with Gasteiger partial charge in [-0.15, -0.1) is 0 Å². The van der Waals surface area contributed by atoms with Crippen molar-refractivity contribution < 1.29 is 35.8 Å². The molecule has 0 saturated carbocycles. The summed E-state index contributed by atoms with van der Waals surface area (Å²) < 4.78 is 93.3. The summed E-state index contributed by atoms with van der Waals surface area (Å²) >= 11 is 0. The van der Waals surface area contributed by atoms with E-state index in [-0.39, 0.29) is 34.9 Å². The van der Waals surface area contributed by atoms with Crippen LogP contribution in [0.25, 0.3) is 11.1 Å². The summed E-state index contributed by atoms with van der Waals surface area (Å²) in [5, 5.41) is 0. The standard InChI is InChI=1S/C20H10F6N4O2/c21-19(22,23)17-9-1-5-13(27-9)31-14-7-3-11(29-14)18(20(24,25)26)12-4-8-16(30-12)32-15-6-2-10(17)28-15/h1-8,27,30H. The summed E-state index contributed by atoms with van der Waals surface area (Å²) in [5.74, 6) is -0.741. The first-order valence-corrected chi connectivity index (χ1v) is 8.99. The van der Waals surface area contributed by atoms with Crippen molar-refractivity contribution >= 4 is 22.9 Å². The molecule has 3 aliphatic heterocycles. The van der Waals surface area contributed by atoms with E-state index in [4.69, 9.17) is 9.47 Å². The molecule has 8 bridgehead atoms. The van der Waals surface area contributed by atoms with Gasteiger partial charge >= 0.3 is 12.4 Å². The summed E-state index contributed by atoms with van der Waals surface area (Å²) in [7, 11) is 0. The molecule has 164 valence electrons. The Balaban J connectivity index is 1.70. The van der Waals surface area contributed by atoms with Gasteiger partial charge in [-0.25, -0.2) is 9.98 Å². The van der Waals surface area contributed by atoms with Crippen molar-refractivity contribution in [2.45, 2.75) is 12.4 Å². The van der Waals surface area contributed by atoms with Crippen LogP contribution < -0.4 is 9.47 Å². The van der Waals surface area contributed by atoms with Gasteiger partial charge in [0.05, 0.1) is 22.8 Å². The summed E-state index contributed by atoms with van der Waals surface area (Å²) in [6.07, 6.45) is -4.99. The number of aromatic amines is 2. The van der Waals surface area contributed by atoms with Crippen LogP contribution in [0.3, 0.4) is 0 Å². The van der Waals surface area contributed by atoms with Crippen LogP contribution in [-0.4, -0.2) is 34.1 Å². The molecular formula is C20H10F6N4O2. The number of rotatable bonds is 0. The van der Waals surface area contributed by atoms with E-state index >= 15 is 0 Å². The predicted molar refractivity (Wildman–Crippen MR) is 102 cm³/mol. The van der Waals surface area contributed by atoms with Gasteiger partial charge in [0.15, 0.2) is 11.8 Å². The number of hydrogen-bond donors (Lipinski definition) is 2. The molecule has 0 saturated heterocycles. The molecule has 0 aromatic carbocycles. The molecule has 0 fully saturated rings. The Morgan fingerprint density at radius 1 is 0.594 bits per heavy atom. The molecule has 2 N–H and O–H groups in total. The van der Waals surface area contributed by atoms with Crippen LogP contribution >= 0.6 is 0 Å². The SMILES string of the molecule is FC(F)(F)C1=C2C=CC(=N2)Oc2ccc([nH]2)C(C(F)(F)F)=C2C=CC(=N2)Oc2ccc1[nH]2. The fourth-order valence-corrected chi connectivity index (χ4v) is 3.34. The Kier molecular flexibility index (Phi) is 4.23. The van der Waals surface area contributed by atoms with Crippen molar-refractivity contribution in [1.82, 2.24) is 9.97 Å². The third kappa shape index (κ3) is 3.53. The average Bonchev–Trinajstić information content (AvgIpc) is 3.44. The Hall–Kier alpha value is -3.96. The molecule has 2 aromatic rings. The first-order chi connectivity index (χ1) is 15.1. The number of nitrogens with one attached hydrogen (secondary N) is 2. The Morgan fingerprint density at radius 3 is 1.38 bits per heavy atom. The molecule has 6 nitrogen and oxygen atoms in total. The minimum atomic E-state index is -4.77. The van der Waals surface area contributed by atoms with Gasteiger partial charge in [-0.1, -0.05) is 0 Å². The second-order valence-corrected chi connectivity index (χ2v) is 6.76. The molecule has 5 rings (SSSR count). The quantitative estimate of drug-likeness (QED) is 0.533. The van der Waals surface area contributed by atoms with Crippen LogP contribution in [-0.2, 0) is 0 Å². The van der Waals surface area contributed by atoms with Crippen LogP contribution in [0.4, 0.5) is 26.3 Å². The number of H-pyrrole nitrogens is 2. The maximum atomic E-state index is 13.8. The van der Waals surface area contributed by atoms with Crippen LogP contribution in [0.1, 0.15) is 11.4 Å². The number of aliphatic imine (C=N–C) groups is 2. The molecule has 0 radical (unpaired) electrons. The zero-order chi connectivity index (χ0) is 22.7. The van der Waals surface area contributed by atoms with Crippen LogP contribution in [0.5, 0.6) is 11.8 Å². The van der Waals surface area contributed by atoms with Crippen LogP contribution in [0.15, 0.2) is 69.9 Å². The maximum absolute atomic E-state index is 13.8. The zero-order valence-electron chi connectivity index (χ0n) is 15.6. The fourth-order valence-electron chi connectivity index (χ4n) is 3.34. The molecule has 32 heavy (non-hydrogen) atoms. The lowest BCUT2D eigenvalue weighted by atomic mass is 10.1. The van der Waals surface area contributed by atoms with E-state index in [2.05, 4.69) is 20.0 Å². The highest BCUT2D eigenvalue weighted by molar-refractivity contribution is 5.97. The molecule has 0 atom stereocenters. The number of fused-ring (bicyclic) bond motifs is 6. The van der Waals surface area contributed by atoms with Gasteiger partial charge in [-0.05, 0) is 24.3 Å². The Labute approximate surface area is 175 Å². The smallest absolute Gasteiger partial charge is 0.420 e. The highest BCUT2D eigenvalue weighted by Gasteiger charge is 2.40. The first kappa shape index (κ1) is 20.0. The molecule has 0 amide bonds. The summed E-state index contributed by atoms with van der Waals surface area (Å²) in [6, 6.07) is 4.66. The third-order valence-electron chi connectivity index (χ3n) is 4.59. The van der Waals surface area contributed by atoms with Crippen LogP contribution in [0.2, 0.25) is 0 Å². The lowest BCUT2D eigenvalue weighted by Gasteiger charge is -2.12. The lowest BCUT2D eigenvalue weighted by molar-refractivity contribution is -0.0704. The highest BCUT2D eigenvalue weighted by atomic mass is 19.4. The maximum Gasteiger partial charge on any atom is 0.420 e. The topological polar surface area (TPSA) is 74.8 Å². The number of aromatic nitrogens is 2. The van der Waals surface area contributed by atoms with Gasteiger partial charge in [0.1, 0.15) is 11.1 Å². The predicted octanol–water partition coefficient (Wildman–Crippen LogP) is 5.30. The minimum Gasteiger partial charge on any atom is -0.423 e.